The molecule has 1 aromatic carbocycles. The molecule has 3 rings (SSSR count). The summed E-state index contributed by atoms with van der Waals surface area (Å²) in [5.74, 6) is -2.14. The number of hydrogen-bond donors (Lipinski definition) is 2. The van der Waals surface area contributed by atoms with Crippen LogP contribution in [0.1, 0.15) is 16.1 Å². The van der Waals surface area contributed by atoms with Crippen molar-refractivity contribution in [2.24, 2.45) is 0 Å². The monoisotopic (exact) mass is 395 g/mol. The average molecular weight is 395 g/mol. The first-order chi connectivity index (χ1) is 13.1. The summed E-state index contributed by atoms with van der Waals surface area (Å²) in [5, 5.41) is 19.0. The Hall–Kier alpha value is -3.76. The van der Waals surface area contributed by atoms with E-state index in [4.69, 9.17) is 5.11 Å². The van der Waals surface area contributed by atoms with Crippen LogP contribution in [0.25, 0.3) is 5.69 Å². The highest BCUT2D eigenvalue weighted by atomic mass is 19.4. The van der Waals surface area contributed by atoms with Gasteiger partial charge in [-0.1, -0.05) is 0 Å². The number of pyridine rings is 1. The van der Waals surface area contributed by atoms with Crippen LogP contribution in [-0.4, -0.2) is 36.7 Å². The first-order valence-electron chi connectivity index (χ1n) is 7.69. The zero-order valence-electron chi connectivity index (χ0n) is 13.9. The van der Waals surface area contributed by atoms with E-state index in [9.17, 15) is 27.9 Å². The molecule has 146 valence electrons. The molecule has 0 bridgehead atoms. The lowest BCUT2D eigenvalue weighted by molar-refractivity contribution is -0.274. The van der Waals surface area contributed by atoms with Crippen LogP contribution >= 0.6 is 0 Å². The van der Waals surface area contributed by atoms with Gasteiger partial charge in [0.1, 0.15) is 11.4 Å². The van der Waals surface area contributed by atoms with Crippen molar-refractivity contribution in [1.29, 1.82) is 0 Å². The molecule has 3 aromatic rings. The van der Waals surface area contributed by atoms with Crippen molar-refractivity contribution >= 4 is 5.97 Å². The molecule has 0 saturated carbocycles. The van der Waals surface area contributed by atoms with Gasteiger partial charge >= 0.3 is 18.0 Å². The second-order valence-corrected chi connectivity index (χ2v) is 5.63. The lowest BCUT2D eigenvalue weighted by Crippen LogP contribution is -2.23. The summed E-state index contributed by atoms with van der Waals surface area (Å²) in [6.45, 7) is -0.0442. The van der Waals surface area contributed by atoms with Crippen molar-refractivity contribution in [3.8, 4) is 17.3 Å². The number of nitrogens with zero attached hydrogens (tertiary/aromatic N) is 3. The summed E-state index contributed by atoms with van der Waals surface area (Å²) < 4.78 is 42.4. The molecular weight excluding hydrogens is 383 g/mol. The van der Waals surface area contributed by atoms with Gasteiger partial charge in [-0.3, -0.25) is 4.57 Å². The number of alkyl halides is 3. The number of aromatic nitrogens is 3. The molecule has 2 heterocycles. The van der Waals surface area contributed by atoms with Crippen molar-refractivity contribution in [1.82, 2.24) is 14.1 Å². The lowest BCUT2D eigenvalue weighted by atomic mass is 10.2. The Morgan fingerprint density at radius 1 is 1.18 bits per heavy atom. The fraction of sp³-hybridized carbons (Fsp3) is 0.118. The predicted octanol–water partition coefficient (Wildman–Crippen LogP) is 2.38. The molecule has 11 heteroatoms. The minimum atomic E-state index is -4.84. The normalized spacial score (nSPS) is 11.4. The molecular formula is C17H12F3N3O5. The van der Waals surface area contributed by atoms with E-state index in [2.05, 4.69) is 9.72 Å². The zero-order chi connectivity index (χ0) is 20.5. The van der Waals surface area contributed by atoms with Gasteiger partial charge in [0.25, 0.3) is 0 Å². The largest absolute Gasteiger partial charge is 0.573 e. The molecule has 28 heavy (non-hydrogen) atoms. The number of imidazole rings is 1. The van der Waals surface area contributed by atoms with E-state index < -0.39 is 29.7 Å². The predicted molar refractivity (Wildman–Crippen MR) is 88.7 cm³/mol. The Balaban J connectivity index is 1.89. The van der Waals surface area contributed by atoms with Crippen LogP contribution in [0.5, 0.6) is 11.6 Å². The molecule has 0 saturated heterocycles. The summed E-state index contributed by atoms with van der Waals surface area (Å²) in [6, 6.07) is 7.17. The molecule has 0 spiro atoms. The van der Waals surface area contributed by atoms with E-state index in [1.165, 1.54) is 30.5 Å². The van der Waals surface area contributed by atoms with Crippen LogP contribution in [-0.2, 0) is 6.54 Å². The van der Waals surface area contributed by atoms with E-state index in [0.717, 1.165) is 27.5 Å². The fourth-order valence-electron chi connectivity index (χ4n) is 2.52. The van der Waals surface area contributed by atoms with Crippen LogP contribution < -0.4 is 10.4 Å². The highest BCUT2D eigenvalue weighted by molar-refractivity contribution is 5.85. The van der Waals surface area contributed by atoms with Gasteiger partial charge < -0.3 is 14.9 Å². The molecule has 0 amide bonds. The quantitative estimate of drug-likeness (QED) is 0.687. The third-order valence-corrected chi connectivity index (χ3v) is 3.66. The van der Waals surface area contributed by atoms with Crippen molar-refractivity contribution < 1.29 is 32.9 Å². The summed E-state index contributed by atoms with van der Waals surface area (Å²) >= 11 is 0. The Kier molecular flexibility index (Phi) is 4.82. The van der Waals surface area contributed by atoms with Crippen LogP contribution in [0, 0.1) is 0 Å². The minimum Gasteiger partial charge on any atom is -0.493 e. The molecule has 2 aromatic heterocycles. The number of carboxylic acid groups (broad SMARTS) is 1. The smallest absolute Gasteiger partial charge is 0.493 e. The summed E-state index contributed by atoms with van der Waals surface area (Å²) in [6.07, 6.45) is -2.44. The molecule has 8 nitrogen and oxygen atoms in total. The van der Waals surface area contributed by atoms with Crippen molar-refractivity contribution in [2.75, 3.05) is 0 Å². The van der Waals surface area contributed by atoms with Crippen LogP contribution in [0.2, 0.25) is 0 Å². The SMILES string of the molecule is O=C(O)c1cc(Cn2cc(O)n(-c3ccc(OC(F)(F)F)cc3)c2=O)ccn1. The maximum absolute atomic E-state index is 12.5. The Labute approximate surface area is 154 Å². The van der Waals surface area contributed by atoms with Gasteiger partial charge in [0.05, 0.1) is 18.4 Å². The molecule has 0 radical (unpaired) electrons. The number of benzene rings is 1. The number of hydrogen-bond acceptors (Lipinski definition) is 5. The number of carboxylic acids is 1. The number of halogens is 3. The second kappa shape index (κ2) is 7.10. The first-order valence-corrected chi connectivity index (χ1v) is 7.69. The Morgan fingerprint density at radius 3 is 2.46 bits per heavy atom. The highest BCUT2D eigenvalue weighted by Crippen LogP contribution is 2.24. The minimum absolute atomic E-state index is 0.0442. The van der Waals surface area contributed by atoms with E-state index in [-0.39, 0.29) is 17.9 Å². The van der Waals surface area contributed by atoms with Gasteiger partial charge in [0.15, 0.2) is 0 Å². The average Bonchev–Trinajstić information content (AvgIpc) is 2.88. The van der Waals surface area contributed by atoms with Gasteiger partial charge in [-0.15, -0.1) is 13.2 Å². The van der Waals surface area contributed by atoms with Gasteiger partial charge in [-0.05, 0) is 42.0 Å². The third-order valence-electron chi connectivity index (χ3n) is 3.66. The molecule has 0 fully saturated rings. The van der Waals surface area contributed by atoms with E-state index in [0.29, 0.717) is 5.56 Å². The lowest BCUT2D eigenvalue weighted by Gasteiger charge is -2.09. The summed E-state index contributed by atoms with van der Waals surface area (Å²) in [5.41, 5.74) is -0.289. The number of ether oxygens (including phenoxy) is 1. The van der Waals surface area contributed by atoms with Crippen molar-refractivity contribution in [3.63, 3.8) is 0 Å². The molecule has 2 N–H and O–H groups in total. The van der Waals surface area contributed by atoms with Crippen LogP contribution in [0.4, 0.5) is 13.2 Å². The summed E-state index contributed by atoms with van der Waals surface area (Å²) in [7, 11) is 0. The molecule has 0 aliphatic rings. The molecule has 0 unspecified atom stereocenters. The van der Waals surface area contributed by atoms with Gasteiger partial charge in [-0.25, -0.2) is 19.1 Å². The molecule has 0 aliphatic carbocycles. The fourth-order valence-corrected chi connectivity index (χ4v) is 2.52. The maximum atomic E-state index is 12.5. The van der Waals surface area contributed by atoms with Crippen molar-refractivity contribution in [3.05, 3.63) is 70.5 Å². The molecule has 0 aliphatic heterocycles. The highest BCUT2D eigenvalue weighted by Gasteiger charge is 2.31. The number of carbonyl (C=O) groups is 1. The van der Waals surface area contributed by atoms with Crippen molar-refractivity contribution in [2.45, 2.75) is 12.9 Å². The molecule has 0 atom stereocenters. The second-order valence-electron chi connectivity index (χ2n) is 5.63. The van der Waals surface area contributed by atoms with Gasteiger partial charge in [0.2, 0.25) is 5.88 Å². The van der Waals surface area contributed by atoms with Gasteiger partial charge in [0, 0.05) is 6.20 Å². The third kappa shape index (κ3) is 4.14. The standard InChI is InChI=1S/C17H12F3N3O5/c18-17(19,20)28-12-3-1-11(2-4-12)23-14(24)9-22(16(23)27)8-10-5-6-21-13(7-10)15(25)26/h1-7,9,24H,8H2,(H,25,26). The van der Waals surface area contributed by atoms with E-state index in [1.54, 1.807) is 0 Å². The number of rotatable bonds is 5. The van der Waals surface area contributed by atoms with Crippen LogP contribution in [0.3, 0.4) is 0 Å². The number of aromatic carboxylic acids is 1. The van der Waals surface area contributed by atoms with Crippen LogP contribution in [0.15, 0.2) is 53.6 Å². The summed E-state index contributed by atoms with van der Waals surface area (Å²) in [4.78, 5) is 27.2. The zero-order valence-corrected chi connectivity index (χ0v) is 13.9. The van der Waals surface area contributed by atoms with E-state index >= 15 is 0 Å². The Bertz CT molecular complexity index is 1070. The topological polar surface area (TPSA) is 107 Å². The number of aromatic hydroxyl groups is 1. The first kappa shape index (κ1) is 19.0. The van der Waals surface area contributed by atoms with E-state index in [1.807, 2.05) is 0 Å². The Morgan fingerprint density at radius 2 is 1.86 bits per heavy atom. The van der Waals surface area contributed by atoms with Gasteiger partial charge in [-0.2, -0.15) is 0 Å². The maximum Gasteiger partial charge on any atom is 0.573 e.